The van der Waals surface area contributed by atoms with Crippen molar-refractivity contribution in [3.05, 3.63) is 58.7 Å². The number of nitrogens with zero attached hydrogens (tertiary/aromatic N) is 1. The van der Waals surface area contributed by atoms with E-state index in [4.69, 9.17) is 5.73 Å². The summed E-state index contributed by atoms with van der Waals surface area (Å²) < 4.78 is 26.5. The standard InChI is InChI=1S/C17H21N3O2S.ClH/c1-11-8-9-14(10-15(11)23(21,22)19-4)17(18)20-16-12(2)6-5-7-13(16)3;/h5-10,19H,1-4H3,(H2,18,20);1H. The molecule has 0 fully saturated rings. The summed E-state index contributed by atoms with van der Waals surface area (Å²) in [7, 11) is -2.15. The van der Waals surface area contributed by atoms with E-state index >= 15 is 0 Å². The van der Waals surface area contributed by atoms with Crippen LogP contribution < -0.4 is 10.5 Å². The molecule has 0 aliphatic carbocycles. The predicted molar refractivity (Wildman–Crippen MR) is 101 cm³/mol. The van der Waals surface area contributed by atoms with E-state index in [-0.39, 0.29) is 23.1 Å². The van der Waals surface area contributed by atoms with Crippen molar-refractivity contribution in [1.29, 1.82) is 0 Å². The van der Waals surface area contributed by atoms with Gasteiger partial charge in [0.1, 0.15) is 5.84 Å². The maximum atomic E-state index is 12.1. The van der Waals surface area contributed by atoms with E-state index in [2.05, 4.69) is 9.71 Å². The summed E-state index contributed by atoms with van der Waals surface area (Å²) in [4.78, 5) is 4.69. The van der Waals surface area contributed by atoms with Crippen molar-refractivity contribution in [3.8, 4) is 0 Å². The minimum atomic E-state index is -3.53. The van der Waals surface area contributed by atoms with Crippen LogP contribution in [-0.4, -0.2) is 21.3 Å². The molecule has 0 atom stereocenters. The highest BCUT2D eigenvalue weighted by atomic mass is 35.5. The predicted octanol–water partition coefficient (Wildman–Crippen LogP) is 2.98. The number of amidine groups is 1. The summed E-state index contributed by atoms with van der Waals surface area (Å²) in [5, 5.41) is 0. The van der Waals surface area contributed by atoms with Gasteiger partial charge in [0.05, 0.1) is 10.6 Å². The molecule has 7 heteroatoms. The molecule has 0 aromatic heterocycles. The van der Waals surface area contributed by atoms with Crippen LogP contribution in [0.4, 0.5) is 5.69 Å². The molecule has 0 aliphatic heterocycles. The number of aryl methyl sites for hydroxylation is 3. The Morgan fingerprint density at radius 3 is 2.17 bits per heavy atom. The van der Waals surface area contributed by atoms with E-state index < -0.39 is 10.0 Å². The molecule has 2 aromatic carbocycles. The molecule has 3 N–H and O–H groups in total. The molecule has 0 saturated heterocycles. The van der Waals surface area contributed by atoms with Crippen LogP contribution in [0.5, 0.6) is 0 Å². The Labute approximate surface area is 149 Å². The van der Waals surface area contributed by atoms with Gasteiger partial charge in [0, 0.05) is 5.56 Å². The Bertz CT molecular complexity index is 857. The molecule has 130 valence electrons. The van der Waals surface area contributed by atoms with Gasteiger partial charge in [-0.1, -0.05) is 30.3 Å². The number of nitrogens with one attached hydrogen (secondary N) is 1. The SMILES string of the molecule is CNS(=O)(=O)c1cc(C(N)=Nc2c(C)cccc2C)ccc1C.Cl. The third-order valence-corrected chi connectivity index (χ3v) is 5.27. The number of para-hydroxylation sites is 1. The van der Waals surface area contributed by atoms with Crippen LogP contribution in [0.3, 0.4) is 0 Å². The van der Waals surface area contributed by atoms with Gasteiger partial charge in [-0.15, -0.1) is 12.4 Å². The molecule has 0 saturated carbocycles. The molecule has 0 unspecified atom stereocenters. The Morgan fingerprint density at radius 1 is 1.04 bits per heavy atom. The van der Waals surface area contributed by atoms with Crippen molar-refractivity contribution in [3.63, 3.8) is 0 Å². The third-order valence-electron chi connectivity index (χ3n) is 3.71. The third kappa shape index (κ3) is 4.14. The first kappa shape index (κ1) is 20.2. The zero-order valence-corrected chi connectivity index (χ0v) is 15.8. The summed E-state index contributed by atoms with van der Waals surface area (Å²) in [5.74, 6) is 0.287. The van der Waals surface area contributed by atoms with Gasteiger partial charge in [-0.25, -0.2) is 18.1 Å². The van der Waals surface area contributed by atoms with E-state index in [0.29, 0.717) is 11.1 Å². The topological polar surface area (TPSA) is 84.5 Å². The summed E-state index contributed by atoms with van der Waals surface area (Å²) in [5.41, 5.74) is 10.2. The largest absolute Gasteiger partial charge is 0.383 e. The Morgan fingerprint density at radius 2 is 1.62 bits per heavy atom. The molecule has 0 bridgehead atoms. The number of rotatable bonds is 4. The van der Waals surface area contributed by atoms with Crippen molar-refractivity contribution in [2.45, 2.75) is 25.7 Å². The monoisotopic (exact) mass is 367 g/mol. The fraction of sp³-hybridized carbons (Fsp3) is 0.235. The summed E-state index contributed by atoms with van der Waals surface area (Å²) in [6, 6.07) is 10.9. The van der Waals surface area contributed by atoms with Crippen molar-refractivity contribution in [1.82, 2.24) is 4.72 Å². The van der Waals surface area contributed by atoms with Gasteiger partial charge in [0.25, 0.3) is 0 Å². The maximum Gasteiger partial charge on any atom is 0.240 e. The summed E-state index contributed by atoms with van der Waals surface area (Å²) in [6.07, 6.45) is 0. The lowest BCUT2D eigenvalue weighted by molar-refractivity contribution is 0.587. The van der Waals surface area contributed by atoms with Crippen LogP contribution in [0.1, 0.15) is 22.3 Å². The van der Waals surface area contributed by atoms with E-state index in [1.54, 1.807) is 25.1 Å². The lowest BCUT2D eigenvalue weighted by Gasteiger charge is -2.10. The van der Waals surface area contributed by atoms with Crippen LogP contribution in [-0.2, 0) is 10.0 Å². The summed E-state index contributed by atoms with van der Waals surface area (Å²) in [6.45, 7) is 5.67. The minimum absolute atomic E-state index is 0. The van der Waals surface area contributed by atoms with E-state index in [1.165, 1.54) is 7.05 Å². The molecular formula is C17H22ClN3O2S. The smallest absolute Gasteiger partial charge is 0.240 e. The molecule has 2 aromatic rings. The second-order valence-corrected chi connectivity index (χ2v) is 7.28. The fourth-order valence-electron chi connectivity index (χ4n) is 2.33. The Hall–Kier alpha value is -1.89. The van der Waals surface area contributed by atoms with Gasteiger partial charge in [0.15, 0.2) is 0 Å². The number of hydrogen-bond donors (Lipinski definition) is 2. The highest BCUT2D eigenvalue weighted by molar-refractivity contribution is 7.89. The van der Waals surface area contributed by atoms with Gasteiger partial charge in [-0.2, -0.15) is 0 Å². The van der Waals surface area contributed by atoms with E-state index in [9.17, 15) is 8.42 Å². The lowest BCUT2D eigenvalue weighted by atomic mass is 10.1. The second kappa shape index (κ2) is 7.79. The van der Waals surface area contributed by atoms with Crippen molar-refractivity contribution < 1.29 is 8.42 Å². The van der Waals surface area contributed by atoms with Gasteiger partial charge in [0.2, 0.25) is 10.0 Å². The quantitative estimate of drug-likeness (QED) is 0.643. The first-order chi connectivity index (χ1) is 10.8. The van der Waals surface area contributed by atoms with E-state index in [0.717, 1.165) is 16.8 Å². The average molecular weight is 368 g/mol. The van der Waals surface area contributed by atoms with Crippen LogP contribution in [0.2, 0.25) is 0 Å². The van der Waals surface area contributed by atoms with Gasteiger partial charge in [-0.05, 0) is 50.6 Å². The summed E-state index contributed by atoms with van der Waals surface area (Å²) >= 11 is 0. The first-order valence-corrected chi connectivity index (χ1v) is 8.69. The normalized spacial score (nSPS) is 11.9. The number of aliphatic imine (C=N–C) groups is 1. The highest BCUT2D eigenvalue weighted by Gasteiger charge is 2.16. The zero-order valence-electron chi connectivity index (χ0n) is 14.1. The number of benzene rings is 2. The number of sulfonamides is 1. The zero-order chi connectivity index (χ0) is 17.2. The number of halogens is 1. The Kier molecular flexibility index (Phi) is 6.54. The molecular weight excluding hydrogens is 346 g/mol. The molecule has 0 amide bonds. The van der Waals surface area contributed by atoms with Crippen molar-refractivity contribution in [2.75, 3.05) is 7.05 Å². The van der Waals surface area contributed by atoms with E-state index in [1.807, 2.05) is 32.0 Å². The Balaban J connectivity index is 0.00000288. The maximum absolute atomic E-state index is 12.1. The fourth-order valence-corrected chi connectivity index (χ4v) is 3.32. The van der Waals surface area contributed by atoms with Gasteiger partial charge < -0.3 is 5.73 Å². The van der Waals surface area contributed by atoms with Crippen LogP contribution in [0.15, 0.2) is 46.3 Å². The number of nitrogens with two attached hydrogens (primary N) is 1. The van der Waals surface area contributed by atoms with Crippen molar-refractivity contribution >= 4 is 34.0 Å². The second-order valence-electron chi connectivity index (χ2n) is 5.43. The minimum Gasteiger partial charge on any atom is -0.383 e. The number of hydrogen-bond acceptors (Lipinski definition) is 3. The molecule has 5 nitrogen and oxygen atoms in total. The average Bonchev–Trinajstić information content (AvgIpc) is 2.51. The molecule has 2 rings (SSSR count). The highest BCUT2D eigenvalue weighted by Crippen LogP contribution is 2.24. The molecule has 0 heterocycles. The first-order valence-electron chi connectivity index (χ1n) is 7.21. The van der Waals surface area contributed by atoms with Crippen molar-refractivity contribution in [2.24, 2.45) is 10.7 Å². The van der Waals surface area contributed by atoms with Crippen LogP contribution in [0, 0.1) is 20.8 Å². The van der Waals surface area contributed by atoms with Gasteiger partial charge >= 0.3 is 0 Å². The molecule has 24 heavy (non-hydrogen) atoms. The molecule has 0 spiro atoms. The molecule has 0 radical (unpaired) electrons. The molecule has 0 aliphatic rings. The van der Waals surface area contributed by atoms with Gasteiger partial charge in [-0.3, -0.25) is 0 Å². The van der Waals surface area contributed by atoms with Crippen LogP contribution >= 0.6 is 12.4 Å². The van der Waals surface area contributed by atoms with Crippen LogP contribution in [0.25, 0.3) is 0 Å². The lowest BCUT2D eigenvalue weighted by Crippen LogP contribution is -2.21.